The third kappa shape index (κ3) is 5.60. The predicted molar refractivity (Wildman–Crippen MR) is 127 cm³/mol. The zero-order chi connectivity index (χ0) is 22.6. The first kappa shape index (κ1) is 23.6. The van der Waals surface area contributed by atoms with Gasteiger partial charge in [-0.2, -0.15) is 0 Å². The van der Waals surface area contributed by atoms with Crippen LogP contribution in [-0.4, -0.2) is 26.6 Å². The highest BCUT2D eigenvalue weighted by Gasteiger charge is 2.32. The maximum absolute atomic E-state index is 13.3. The van der Waals surface area contributed by atoms with Crippen molar-refractivity contribution in [1.29, 1.82) is 0 Å². The minimum absolute atomic E-state index is 0.172. The van der Waals surface area contributed by atoms with E-state index >= 15 is 0 Å². The Hall–Kier alpha value is -2.05. The normalized spacial score (nSPS) is 15.6. The predicted octanol–water partition coefficient (Wildman–Crippen LogP) is 5.03. The molecule has 0 unspecified atom stereocenters. The molecule has 0 aromatic heterocycles. The number of nitrogens with one attached hydrogen (secondary N) is 1. The molecular formula is C24H31ClN2O3S. The summed E-state index contributed by atoms with van der Waals surface area (Å²) < 4.78 is 26.4. The van der Waals surface area contributed by atoms with Crippen molar-refractivity contribution in [3.63, 3.8) is 0 Å². The molecule has 31 heavy (non-hydrogen) atoms. The molecule has 0 fully saturated rings. The topological polar surface area (TPSA) is 66.5 Å². The van der Waals surface area contributed by atoms with Gasteiger partial charge in [0.2, 0.25) is 15.9 Å². The number of halogens is 1. The number of anilines is 1. The molecule has 1 N–H and O–H groups in total. The summed E-state index contributed by atoms with van der Waals surface area (Å²) in [6, 6.07) is 12.0. The lowest BCUT2D eigenvalue weighted by molar-refractivity contribution is -0.123. The lowest BCUT2D eigenvalue weighted by atomic mass is 9.88. The Morgan fingerprint density at radius 3 is 2.39 bits per heavy atom. The summed E-state index contributed by atoms with van der Waals surface area (Å²) in [4.78, 5) is 13.3. The third-order valence-corrected chi connectivity index (χ3v) is 7.31. The van der Waals surface area contributed by atoms with Crippen LogP contribution < -0.4 is 9.62 Å². The summed E-state index contributed by atoms with van der Waals surface area (Å²) in [5.74, 6) is -0.308. The molecule has 0 saturated carbocycles. The molecule has 1 amide bonds. The number of carbonyl (C=O) groups is 1. The van der Waals surface area contributed by atoms with Gasteiger partial charge in [-0.15, -0.1) is 0 Å². The lowest BCUT2D eigenvalue weighted by Crippen LogP contribution is -2.50. The van der Waals surface area contributed by atoms with E-state index in [4.69, 9.17) is 11.6 Å². The van der Waals surface area contributed by atoms with E-state index in [0.29, 0.717) is 17.1 Å². The molecule has 0 radical (unpaired) electrons. The van der Waals surface area contributed by atoms with Gasteiger partial charge in [-0.1, -0.05) is 49.7 Å². The molecule has 5 nitrogen and oxygen atoms in total. The minimum atomic E-state index is -3.70. The molecule has 2 aromatic rings. The van der Waals surface area contributed by atoms with Crippen LogP contribution >= 0.6 is 11.6 Å². The van der Waals surface area contributed by atoms with Crippen molar-refractivity contribution < 1.29 is 13.2 Å². The smallest absolute Gasteiger partial charge is 0.244 e. The second-order valence-corrected chi connectivity index (χ2v) is 10.5. The van der Waals surface area contributed by atoms with Crippen molar-refractivity contribution in [2.75, 3.05) is 10.6 Å². The molecule has 1 aliphatic carbocycles. The Bertz CT molecular complexity index is 1040. The van der Waals surface area contributed by atoms with Gasteiger partial charge < -0.3 is 5.32 Å². The Labute approximate surface area is 190 Å². The van der Waals surface area contributed by atoms with E-state index in [0.717, 1.165) is 31.1 Å². The molecule has 0 saturated heterocycles. The van der Waals surface area contributed by atoms with Gasteiger partial charge in [0.25, 0.3) is 0 Å². The van der Waals surface area contributed by atoms with Gasteiger partial charge in [0, 0.05) is 5.02 Å². The SMILES string of the molecule is CC[C@H](NC(=O)[C@H](CC)N(c1cccc(Cl)c1)S(C)(=O)=O)c1ccc2c(c1)CCCC2. The lowest BCUT2D eigenvalue weighted by Gasteiger charge is -2.31. The minimum Gasteiger partial charge on any atom is -0.347 e. The number of aryl methyl sites for hydroxylation is 2. The van der Waals surface area contributed by atoms with Gasteiger partial charge in [0.1, 0.15) is 6.04 Å². The molecule has 2 atom stereocenters. The average Bonchev–Trinajstić information content (AvgIpc) is 2.74. The summed E-state index contributed by atoms with van der Waals surface area (Å²) in [6.07, 6.45) is 6.78. The van der Waals surface area contributed by atoms with Gasteiger partial charge in [-0.05, 0) is 73.4 Å². The number of amides is 1. The van der Waals surface area contributed by atoms with E-state index in [1.54, 1.807) is 24.3 Å². The first-order valence-electron chi connectivity index (χ1n) is 10.9. The Balaban J connectivity index is 1.87. The number of carbonyl (C=O) groups excluding carboxylic acids is 1. The number of fused-ring (bicyclic) bond motifs is 1. The van der Waals surface area contributed by atoms with Gasteiger partial charge in [0.15, 0.2) is 0 Å². The highest BCUT2D eigenvalue weighted by molar-refractivity contribution is 7.92. The van der Waals surface area contributed by atoms with Crippen molar-refractivity contribution in [2.45, 2.75) is 64.5 Å². The fourth-order valence-corrected chi connectivity index (χ4v) is 5.72. The van der Waals surface area contributed by atoms with Crippen LogP contribution in [0.15, 0.2) is 42.5 Å². The van der Waals surface area contributed by atoms with Crippen LogP contribution in [0.1, 0.15) is 62.3 Å². The van der Waals surface area contributed by atoms with Crippen molar-refractivity contribution in [3.05, 3.63) is 64.2 Å². The van der Waals surface area contributed by atoms with Crippen LogP contribution in [0.4, 0.5) is 5.69 Å². The molecule has 168 valence electrons. The molecular weight excluding hydrogens is 432 g/mol. The second-order valence-electron chi connectivity index (χ2n) is 8.17. The summed E-state index contributed by atoms with van der Waals surface area (Å²) in [7, 11) is -3.70. The highest BCUT2D eigenvalue weighted by Crippen LogP contribution is 2.28. The van der Waals surface area contributed by atoms with E-state index in [1.165, 1.54) is 28.3 Å². The van der Waals surface area contributed by atoms with Crippen LogP contribution in [0.3, 0.4) is 0 Å². The van der Waals surface area contributed by atoms with E-state index in [2.05, 4.69) is 23.5 Å². The molecule has 0 spiro atoms. The van der Waals surface area contributed by atoms with Gasteiger partial charge in [0.05, 0.1) is 18.0 Å². The molecule has 0 heterocycles. The maximum Gasteiger partial charge on any atom is 0.244 e. The van der Waals surface area contributed by atoms with Crippen molar-refractivity contribution in [3.8, 4) is 0 Å². The van der Waals surface area contributed by atoms with E-state index in [1.807, 2.05) is 13.8 Å². The molecule has 7 heteroatoms. The standard InChI is InChI=1S/C24H31ClN2O3S/c1-4-22(19-14-13-17-9-6-7-10-18(17)15-19)26-24(28)23(5-2)27(31(3,29)30)21-12-8-11-20(25)16-21/h8,11-16,22-23H,4-7,9-10H2,1-3H3,(H,26,28)/t22-,23-/m0/s1. The second kappa shape index (κ2) is 10.0. The summed E-state index contributed by atoms with van der Waals surface area (Å²) in [5, 5.41) is 3.52. The Kier molecular flexibility index (Phi) is 7.65. The number of rotatable bonds is 8. The summed E-state index contributed by atoms with van der Waals surface area (Å²) >= 11 is 6.09. The van der Waals surface area contributed by atoms with E-state index < -0.39 is 16.1 Å². The quantitative estimate of drug-likeness (QED) is 0.598. The van der Waals surface area contributed by atoms with E-state index in [-0.39, 0.29) is 11.9 Å². The first-order chi connectivity index (χ1) is 14.7. The number of hydrogen-bond donors (Lipinski definition) is 1. The molecule has 2 aromatic carbocycles. The van der Waals surface area contributed by atoms with Crippen LogP contribution in [0, 0.1) is 0 Å². The molecule has 0 bridgehead atoms. The van der Waals surface area contributed by atoms with Crippen LogP contribution in [0.25, 0.3) is 0 Å². The monoisotopic (exact) mass is 462 g/mol. The third-order valence-electron chi connectivity index (χ3n) is 5.89. The van der Waals surface area contributed by atoms with Gasteiger partial charge in [-0.25, -0.2) is 8.42 Å². The molecule has 1 aliphatic rings. The maximum atomic E-state index is 13.3. The van der Waals surface area contributed by atoms with Crippen molar-refractivity contribution in [1.82, 2.24) is 5.32 Å². The van der Waals surface area contributed by atoms with Gasteiger partial charge in [-0.3, -0.25) is 9.10 Å². The van der Waals surface area contributed by atoms with Crippen LogP contribution in [0.2, 0.25) is 5.02 Å². The zero-order valence-electron chi connectivity index (χ0n) is 18.4. The Morgan fingerprint density at radius 2 is 1.77 bits per heavy atom. The molecule has 3 rings (SSSR count). The van der Waals surface area contributed by atoms with Gasteiger partial charge >= 0.3 is 0 Å². The first-order valence-corrected chi connectivity index (χ1v) is 13.1. The number of benzene rings is 2. The zero-order valence-corrected chi connectivity index (χ0v) is 20.0. The average molecular weight is 463 g/mol. The van der Waals surface area contributed by atoms with Crippen molar-refractivity contribution in [2.24, 2.45) is 0 Å². The Morgan fingerprint density at radius 1 is 1.06 bits per heavy atom. The molecule has 0 aliphatic heterocycles. The van der Waals surface area contributed by atoms with Crippen molar-refractivity contribution >= 4 is 33.2 Å². The largest absolute Gasteiger partial charge is 0.347 e. The number of sulfonamides is 1. The fourth-order valence-electron chi connectivity index (χ4n) is 4.33. The van der Waals surface area contributed by atoms with Crippen LogP contribution in [0.5, 0.6) is 0 Å². The number of nitrogens with zero attached hydrogens (tertiary/aromatic N) is 1. The summed E-state index contributed by atoms with van der Waals surface area (Å²) in [6.45, 7) is 3.84. The number of hydrogen-bond acceptors (Lipinski definition) is 3. The summed E-state index contributed by atoms with van der Waals surface area (Å²) in [5.41, 5.74) is 4.21. The van der Waals surface area contributed by atoms with E-state index in [9.17, 15) is 13.2 Å². The van der Waals surface area contributed by atoms with Crippen LogP contribution in [-0.2, 0) is 27.7 Å². The fraction of sp³-hybridized carbons (Fsp3) is 0.458. The highest BCUT2D eigenvalue weighted by atomic mass is 35.5.